The Morgan fingerprint density at radius 1 is 1.24 bits per heavy atom. The summed E-state index contributed by atoms with van der Waals surface area (Å²) in [6.45, 7) is 0. The van der Waals surface area contributed by atoms with E-state index in [2.05, 4.69) is 15.1 Å². The normalized spacial score (nSPS) is 12.0. The van der Waals surface area contributed by atoms with Gasteiger partial charge in [0, 0.05) is 4.90 Å². The molecule has 7 heteroatoms. The zero-order valence-corrected chi connectivity index (χ0v) is 11.6. The summed E-state index contributed by atoms with van der Waals surface area (Å²) in [5.41, 5.74) is 7.31. The number of nitrogens with two attached hydrogens (primary N) is 1. The van der Waals surface area contributed by atoms with Crippen molar-refractivity contribution in [3.8, 4) is 0 Å². The molecule has 0 saturated carbocycles. The summed E-state index contributed by atoms with van der Waals surface area (Å²) in [7, 11) is 0. The third kappa shape index (κ3) is 2.55. The average Bonchev–Trinajstić information content (AvgIpc) is 2.89. The molecule has 0 spiro atoms. The fourth-order valence-electron chi connectivity index (χ4n) is 1.97. The maximum atomic E-state index is 13.9. The molecule has 0 aliphatic heterocycles. The van der Waals surface area contributed by atoms with Gasteiger partial charge in [-0.05, 0) is 24.3 Å². The van der Waals surface area contributed by atoms with Crippen molar-refractivity contribution in [2.75, 3.05) is 0 Å². The molecule has 0 atom stereocenters. The van der Waals surface area contributed by atoms with Crippen LogP contribution in [0.2, 0.25) is 0 Å². The summed E-state index contributed by atoms with van der Waals surface area (Å²) < 4.78 is 13.9. The molecule has 1 aromatic heterocycles. The highest BCUT2D eigenvalue weighted by molar-refractivity contribution is 7.99. The van der Waals surface area contributed by atoms with Crippen LogP contribution in [0.25, 0.3) is 11.0 Å². The van der Waals surface area contributed by atoms with Gasteiger partial charge in [-0.2, -0.15) is 0 Å². The summed E-state index contributed by atoms with van der Waals surface area (Å²) in [6, 6.07) is 12.1. The van der Waals surface area contributed by atoms with E-state index >= 15 is 0 Å². The van der Waals surface area contributed by atoms with E-state index in [0.717, 1.165) is 11.0 Å². The Morgan fingerprint density at radius 3 is 2.81 bits per heavy atom. The van der Waals surface area contributed by atoms with Crippen LogP contribution < -0.4 is 5.73 Å². The number of para-hydroxylation sites is 2. The van der Waals surface area contributed by atoms with Crippen LogP contribution in [0.3, 0.4) is 0 Å². The van der Waals surface area contributed by atoms with E-state index in [4.69, 9.17) is 10.9 Å². The van der Waals surface area contributed by atoms with Gasteiger partial charge in [-0.25, -0.2) is 9.37 Å². The van der Waals surface area contributed by atoms with Crippen LogP contribution in [0.1, 0.15) is 5.56 Å². The number of benzene rings is 2. The van der Waals surface area contributed by atoms with Crippen molar-refractivity contribution in [1.82, 2.24) is 9.97 Å². The van der Waals surface area contributed by atoms with Crippen LogP contribution in [0, 0.1) is 5.82 Å². The van der Waals surface area contributed by atoms with Crippen LogP contribution in [0.5, 0.6) is 0 Å². The van der Waals surface area contributed by atoms with Crippen LogP contribution in [-0.4, -0.2) is 21.0 Å². The fourth-order valence-corrected chi connectivity index (χ4v) is 2.93. The summed E-state index contributed by atoms with van der Waals surface area (Å²) in [4.78, 5) is 8.06. The maximum absolute atomic E-state index is 13.9. The Hall–Kier alpha value is -2.54. The molecule has 0 aliphatic rings. The van der Waals surface area contributed by atoms with E-state index in [9.17, 15) is 4.39 Å². The van der Waals surface area contributed by atoms with Gasteiger partial charge in [-0.15, -0.1) is 0 Å². The van der Waals surface area contributed by atoms with Gasteiger partial charge in [0.2, 0.25) is 0 Å². The largest absolute Gasteiger partial charge is 0.409 e. The lowest BCUT2D eigenvalue weighted by atomic mass is 10.2. The van der Waals surface area contributed by atoms with Crippen molar-refractivity contribution < 1.29 is 9.60 Å². The zero-order valence-electron chi connectivity index (χ0n) is 10.7. The van der Waals surface area contributed by atoms with E-state index in [1.807, 2.05) is 24.3 Å². The highest BCUT2D eigenvalue weighted by atomic mass is 32.2. The lowest BCUT2D eigenvalue weighted by Crippen LogP contribution is -2.16. The molecular weight excluding hydrogens is 291 g/mol. The summed E-state index contributed by atoms with van der Waals surface area (Å²) in [5, 5.41) is 12.3. The molecule has 5 nitrogen and oxygen atoms in total. The molecule has 1 heterocycles. The topological polar surface area (TPSA) is 87.3 Å². The molecule has 21 heavy (non-hydrogen) atoms. The quantitative estimate of drug-likeness (QED) is 0.300. The molecule has 0 amide bonds. The van der Waals surface area contributed by atoms with E-state index in [-0.39, 0.29) is 11.4 Å². The molecule has 0 saturated heterocycles. The summed E-state index contributed by atoms with van der Waals surface area (Å²) >= 11 is 1.22. The SMILES string of the molecule is NC(=NO)c1c(F)cccc1Sc1nc2ccccc2[nH]1. The number of hydrogen-bond acceptors (Lipinski definition) is 4. The Kier molecular flexibility index (Phi) is 3.49. The highest BCUT2D eigenvalue weighted by Gasteiger charge is 2.15. The third-order valence-corrected chi connectivity index (χ3v) is 3.86. The van der Waals surface area contributed by atoms with Crippen LogP contribution in [-0.2, 0) is 0 Å². The highest BCUT2D eigenvalue weighted by Crippen LogP contribution is 2.31. The van der Waals surface area contributed by atoms with Gasteiger partial charge in [0.15, 0.2) is 11.0 Å². The predicted molar refractivity (Wildman–Crippen MR) is 79.1 cm³/mol. The minimum atomic E-state index is -0.550. The third-order valence-electron chi connectivity index (χ3n) is 2.91. The van der Waals surface area contributed by atoms with Crippen LogP contribution in [0.15, 0.2) is 57.7 Å². The molecule has 0 radical (unpaired) electrons. The Labute approximate surface area is 123 Å². The Bertz CT molecular complexity index is 798. The zero-order chi connectivity index (χ0) is 14.8. The number of halogens is 1. The molecule has 0 aliphatic carbocycles. The van der Waals surface area contributed by atoms with E-state index in [1.165, 1.54) is 17.8 Å². The standard InChI is InChI=1S/C14H11FN4OS/c15-8-4-3-7-11(12(8)13(16)19-20)21-14-17-9-5-1-2-6-10(9)18-14/h1-7,20H,(H2,16,19)(H,17,18). The number of fused-ring (bicyclic) bond motifs is 1. The lowest BCUT2D eigenvalue weighted by Gasteiger charge is -2.07. The molecule has 0 unspecified atom stereocenters. The number of imidazole rings is 1. The average molecular weight is 302 g/mol. The van der Waals surface area contributed by atoms with Gasteiger partial charge >= 0.3 is 0 Å². The first-order valence-corrected chi connectivity index (χ1v) is 6.89. The number of rotatable bonds is 3. The molecular formula is C14H11FN4OS. The van der Waals surface area contributed by atoms with Gasteiger partial charge in [-0.1, -0.05) is 35.1 Å². The fraction of sp³-hybridized carbons (Fsp3) is 0. The van der Waals surface area contributed by atoms with Gasteiger partial charge in [0.1, 0.15) is 5.82 Å². The van der Waals surface area contributed by atoms with Gasteiger partial charge in [0.05, 0.1) is 16.6 Å². The number of H-pyrrole nitrogens is 1. The van der Waals surface area contributed by atoms with Gasteiger partial charge in [0.25, 0.3) is 0 Å². The first kappa shape index (κ1) is 13.4. The predicted octanol–water partition coefficient (Wildman–Crippen LogP) is 2.95. The van der Waals surface area contributed by atoms with E-state index < -0.39 is 5.82 Å². The number of amidine groups is 1. The molecule has 2 aromatic carbocycles. The van der Waals surface area contributed by atoms with Crippen molar-refractivity contribution in [2.24, 2.45) is 10.9 Å². The number of hydrogen-bond donors (Lipinski definition) is 3. The molecule has 0 fully saturated rings. The lowest BCUT2D eigenvalue weighted by molar-refractivity contribution is 0.318. The number of aromatic amines is 1. The smallest absolute Gasteiger partial charge is 0.174 e. The van der Waals surface area contributed by atoms with Crippen molar-refractivity contribution >= 4 is 28.6 Å². The second-order valence-corrected chi connectivity index (χ2v) is 5.29. The second-order valence-electron chi connectivity index (χ2n) is 4.26. The molecule has 3 rings (SSSR count). The maximum Gasteiger partial charge on any atom is 0.174 e. The van der Waals surface area contributed by atoms with Gasteiger partial charge < -0.3 is 15.9 Å². The minimum Gasteiger partial charge on any atom is -0.409 e. The number of nitrogens with zero attached hydrogens (tertiary/aromatic N) is 2. The van der Waals surface area contributed by atoms with Crippen LogP contribution >= 0.6 is 11.8 Å². The minimum absolute atomic E-state index is 0.0606. The molecule has 0 bridgehead atoms. The van der Waals surface area contributed by atoms with Crippen molar-refractivity contribution in [3.05, 3.63) is 53.8 Å². The first-order valence-electron chi connectivity index (χ1n) is 6.08. The molecule has 4 N–H and O–H groups in total. The van der Waals surface area contributed by atoms with E-state index in [1.54, 1.807) is 12.1 Å². The number of oxime groups is 1. The molecule has 106 valence electrons. The summed E-state index contributed by atoms with van der Waals surface area (Å²) in [6.07, 6.45) is 0. The monoisotopic (exact) mass is 302 g/mol. The van der Waals surface area contributed by atoms with Crippen molar-refractivity contribution in [1.29, 1.82) is 0 Å². The van der Waals surface area contributed by atoms with Crippen LogP contribution in [0.4, 0.5) is 4.39 Å². The van der Waals surface area contributed by atoms with Gasteiger partial charge in [-0.3, -0.25) is 0 Å². The second kappa shape index (κ2) is 5.45. The Balaban J connectivity index is 2.03. The number of aromatic nitrogens is 2. The van der Waals surface area contributed by atoms with E-state index in [0.29, 0.717) is 10.1 Å². The first-order chi connectivity index (χ1) is 10.2. The Morgan fingerprint density at radius 2 is 2.05 bits per heavy atom. The summed E-state index contributed by atoms with van der Waals surface area (Å²) in [5.74, 6) is -0.821. The van der Waals surface area contributed by atoms with Crippen molar-refractivity contribution in [2.45, 2.75) is 10.1 Å². The molecule has 3 aromatic rings. The van der Waals surface area contributed by atoms with Crippen molar-refractivity contribution in [3.63, 3.8) is 0 Å². The number of nitrogens with one attached hydrogen (secondary N) is 1.